The van der Waals surface area contributed by atoms with E-state index in [2.05, 4.69) is 0 Å². The molecule has 0 atom stereocenters. The predicted octanol–water partition coefficient (Wildman–Crippen LogP) is 4.43. The van der Waals surface area contributed by atoms with Gasteiger partial charge in [0.15, 0.2) is 0 Å². The Morgan fingerprint density at radius 3 is 2.12 bits per heavy atom. The minimum atomic E-state index is -1.66. The van der Waals surface area contributed by atoms with Crippen LogP contribution < -0.4 is 0 Å². The van der Waals surface area contributed by atoms with Crippen LogP contribution in [0.1, 0.15) is 19.4 Å². The van der Waals surface area contributed by atoms with E-state index in [1.54, 1.807) is 17.9 Å². The molecule has 2 nitrogen and oxygen atoms in total. The smallest absolute Gasteiger partial charge is 0.350 e. The lowest BCUT2D eigenvalue weighted by molar-refractivity contribution is 0.221. The molecular weight excluding hydrogens is 220 g/mol. The highest BCUT2D eigenvalue weighted by molar-refractivity contribution is 8.46. The minimum Gasteiger partial charge on any atom is -0.474 e. The fourth-order valence-corrected chi connectivity index (χ4v) is 1.48. The predicted molar refractivity (Wildman–Crippen MR) is 74.3 cm³/mol. The van der Waals surface area contributed by atoms with Gasteiger partial charge in [-0.3, -0.25) is 0 Å². The molecule has 1 aromatic carbocycles. The Balaban J connectivity index is 0.00000106. The maximum atomic E-state index is 10.8. The third kappa shape index (κ3) is 5.03. The molecule has 0 amide bonds. The molecule has 1 N–H and O–H groups in total. The van der Waals surface area contributed by atoms with Gasteiger partial charge in [0.1, 0.15) is 0 Å². The second-order valence-electron chi connectivity index (χ2n) is 3.39. The summed E-state index contributed by atoms with van der Waals surface area (Å²) in [6.45, 7) is 4.00. The van der Waals surface area contributed by atoms with Gasteiger partial charge in [-0.05, 0) is 29.6 Å². The lowest BCUT2D eigenvalue weighted by atomic mass is 10.2. The second kappa shape index (κ2) is 7.12. The first-order valence-corrected chi connectivity index (χ1v) is 7.73. The quantitative estimate of drug-likeness (QED) is 0.830. The molecular formula is C13H20O2S. The van der Waals surface area contributed by atoms with Gasteiger partial charge in [0.05, 0.1) is 0 Å². The van der Waals surface area contributed by atoms with Crippen molar-refractivity contribution in [3.8, 4) is 0 Å². The Kier molecular flexibility index (Phi) is 6.58. The van der Waals surface area contributed by atoms with Gasteiger partial charge in [0.25, 0.3) is 0 Å². The molecule has 0 heterocycles. The average molecular weight is 240 g/mol. The van der Waals surface area contributed by atoms with Gasteiger partial charge in [0, 0.05) is 0 Å². The van der Waals surface area contributed by atoms with Gasteiger partial charge < -0.3 is 5.11 Å². The van der Waals surface area contributed by atoms with Crippen molar-refractivity contribution in [2.75, 3.05) is 12.5 Å². The fourth-order valence-electron chi connectivity index (χ4n) is 0.871. The van der Waals surface area contributed by atoms with Crippen molar-refractivity contribution < 1.29 is 9.90 Å². The summed E-state index contributed by atoms with van der Waals surface area (Å²) >= 11 is 0. The number of carbonyl (C=O) groups is 1. The van der Waals surface area contributed by atoms with E-state index in [0.29, 0.717) is 0 Å². The van der Waals surface area contributed by atoms with E-state index in [1.165, 1.54) is 0 Å². The summed E-state index contributed by atoms with van der Waals surface area (Å²) in [5.41, 5.74) is 1.04. The molecule has 0 aliphatic rings. The highest BCUT2D eigenvalue weighted by atomic mass is 32.3. The van der Waals surface area contributed by atoms with Crippen LogP contribution in [0.5, 0.6) is 0 Å². The van der Waals surface area contributed by atoms with E-state index in [9.17, 15) is 4.79 Å². The molecule has 1 aromatic rings. The molecule has 0 fully saturated rings. The van der Waals surface area contributed by atoms with Crippen LogP contribution in [0.2, 0.25) is 0 Å². The van der Waals surface area contributed by atoms with Crippen molar-refractivity contribution in [2.24, 2.45) is 0 Å². The zero-order chi connectivity index (χ0) is 12.6. The highest BCUT2D eigenvalue weighted by Gasteiger charge is 2.16. The molecule has 16 heavy (non-hydrogen) atoms. The van der Waals surface area contributed by atoms with Crippen LogP contribution in [0.25, 0.3) is 6.08 Å². The zero-order valence-electron chi connectivity index (χ0n) is 10.3. The Hall–Kier alpha value is -1.22. The maximum absolute atomic E-state index is 10.8. The Morgan fingerprint density at radius 1 is 1.19 bits per heavy atom. The van der Waals surface area contributed by atoms with Gasteiger partial charge in [-0.25, -0.2) is 4.79 Å². The molecule has 90 valence electrons. The number of rotatable bonds is 2. The molecule has 0 aromatic heterocycles. The van der Waals surface area contributed by atoms with Crippen molar-refractivity contribution in [3.63, 3.8) is 0 Å². The van der Waals surface area contributed by atoms with Crippen molar-refractivity contribution >= 4 is 21.4 Å². The van der Waals surface area contributed by atoms with Crippen molar-refractivity contribution in [2.45, 2.75) is 13.8 Å². The first-order chi connectivity index (χ1) is 7.52. The summed E-state index contributed by atoms with van der Waals surface area (Å²) in [5.74, 6) is 0. The van der Waals surface area contributed by atoms with Crippen LogP contribution in [0, 0.1) is 0 Å². The molecule has 0 bridgehead atoms. The maximum Gasteiger partial charge on any atom is 0.350 e. The SMILES string of the molecule is CC.CS(C)(/C=C\c1ccccc1)C(=O)O. The number of carboxylic acid groups (broad SMARTS) is 1. The van der Waals surface area contributed by atoms with E-state index in [1.807, 2.05) is 50.3 Å². The monoisotopic (exact) mass is 240 g/mol. The van der Waals surface area contributed by atoms with E-state index in [0.717, 1.165) is 5.56 Å². The van der Waals surface area contributed by atoms with Crippen LogP contribution in [0.15, 0.2) is 35.7 Å². The topological polar surface area (TPSA) is 37.3 Å². The molecule has 0 radical (unpaired) electrons. The summed E-state index contributed by atoms with van der Waals surface area (Å²) in [6, 6.07) is 9.71. The first-order valence-electron chi connectivity index (χ1n) is 5.22. The van der Waals surface area contributed by atoms with Crippen LogP contribution in [-0.2, 0) is 0 Å². The fraction of sp³-hybridized carbons (Fsp3) is 0.308. The summed E-state index contributed by atoms with van der Waals surface area (Å²) < 4.78 is 0. The number of benzene rings is 1. The van der Waals surface area contributed by atoms with Crippen LogP contribution in [0.4, 0.5) is 4.79 Å². The summed E-state index contributed by atoms with van der Waals surface area (Å²) in [5, 5.41) is 9.96. The molecule has 0 saturated heterocycles. The first kappa shape index (κ1) is 14.8. The summed E-state index contributed by atoms with van der Waals surface area (Å²) in [7, 11) is -1.66. The lowest BCUT2D eigenvalue weighted by Gasteiger charge is -2.19. The molecule has 0 aliphatic heterocycles. The summed E-state index contributed by atoms with van der Waals surface area (Å²) in [6.07, 6.45) is 5.38. The van der Waals surface area contributed by atoms with Crippen molar-refractivity contribution in [3.05, 3.63) is 41.3 Å². The summed E-state index contributed by atoms with van der Waals surface area (Å²) in [4.78, 5) is 10.8. The largest absolute Gasteiger partial charge is 0.474 e. The third-order valence-electron chi connectivity index (χ3n) is 1.85. The Morgan fingerprint density at radius 2 is 1.69 bits per heavy atom. The molecule has 0 unspecified atom stereocenters. The zero-order valence-corrected chi connectivity index (χ0v) is 11.1. The molecule has 0 aliphatic carbocycles. The third-order valence-corrected chi connectivity index (χ3v) is 3.57. The van der Waals surface area contributed by atoms with Crippen LogP contribution in [0.3, 0.4) is 0 Å². The van der Waals surface area contributed by atoms with Gasteiger partial charge in [-0.1, -0.05) is 44.2 Å². The minimum absolute atomic E-state index is 0.732. The molecule has 3 heteroatoms. The van der Waals surface area contributed by atoms with Crippen molar-refractivity contribution in [1.82, 2.24) is 0 Å². The van der Waals surface area contributed by atoms with Crippen LogP contribution in [-0.4, -0.2) is 22.9 Å². The Bertz CT molecular complexity index is 342. The van der Waals surface area contributed by atoms with E-state index in [4.69, 9.17) is 5.11 Å². The van der Waals surface area contributed by atoms with E-state index >= 15 is 0 Å². The molecule has 1 rings (SSSR count). The average Bonchev–Trinajstić information content (AvgIpc) is 2.30. The normalized spacial score (nSPS) is 11.8. The highest BCUT2D eigenvalue weighted by Crippen LogP contribution is 2.42. The number of hydrogen-bond donors (Lipinski definition) is 1. The number of hydrogen-bond acceptors (Lipinski definition) is 1. The van der Waals surface area contributed by atoms with Gasteiger partial charge in [0.2, 0.25) is 0 Å². The van der Waals surface area contributed by atoms with Gasteiger partial charge in [-0.2, -0.15) is 0 Å². The standard InChI is InChI=1S/C11H14O2S.C2H6/c1-14(2,11(12)13)9-8-10-6-4-3-5-7-10;1-2/h3-9H,1-2H3,(H,12,13);1-2H3/b9-8-;. The molecule has 0 spiro atoms. The van der Waals surface area contributed by atoms with Gasteiger partial charge in [-0.15, -0.1) is 10.0 Å². The molecule has 0 saturated carbocycles. The van der Waals surface area contributed by atoms with E-state index < -0.39 is 15.3 Å². The van der Waals surface area contributed by atoms with Crippen LogP contribution >= 0.6 is 10.0 Å². The van der Waals surface area contributed by atoms with Crippen molar-refractivity contribution in [1.29, 1.82) is 0 Å². The Labute approximate surface area is 99.3 Å². The van der Waals surface area contributed by atoms with Gasteiger partial charge >= 0.3 is 5.30 Å². The lowest BCUT2D eigenvalue weighted by Crippen LogP contribution is -2.02. The second-order valence-corrected chi connectivity index (χ2v) is 6.82. The van der Waals surface area contributed by atoms with E-state index in [-0.39, 0.29) is 0 Å².